The van der Waals surface area contributed by atoms with Gasteiger partial charge in [-0.2, -0.15) is 0 Å². The molecule has 1 aliphatic rings. The molecule has 0 fully saturated rings. The summed E-state index contributed by atoms with van der Waals surface area (Å²) in [5.74, 6) is 1.50. The van der Waals surface area contributed by atoms with Gasteiger partial charge in [-0.05, 0) is 74.4 Å². The van der Waals surface area contributed by atoms with Gasteiger partial charge >= 0.3 is 0 Å². The molecule has 2 unspecified atom stereocenters. The molecule has 1 aromatic heterocycles. The zero-order valence-corrected chi connectivity index (χ0v) is 24.1. The van der Waals surface area contributed by atoms with Gasteiger partial charge < -0.3 is 0 Å². The van der Waals surface area contributed by atoms with Crippen LogP contribution in [0, 0.1) is 5.92 Å². The lowest BCUT2D eigenvalue weighted by Crippen LogP contribution is -2.15. The van der Waals surface area contributed by atoms with E-state index in [0.717, 1.165) is 5.92 Å². The fraction of sp³-hybridized carbons (Fsp3) is 0.500. The molecular formula is C36H46S. The molecular weight excluding hydrogens is 464 g/mol. The van der Waals surface area contributed by atoms with E-state index in [4.69, 9.17) is 0 Å². The van der Waals surface area contributed by atoms with Gasteiger partial charge in [0.15, 0.2) is 0 Å². The number of hydrogen-bond acceptors (Lipinski definition) is 1. The summed E-state index contributed by atoms with van der Waals surface area (Å²) in [4.78, 5) is 1.43. The van der Waals surface area contributed by atoms with Crippen molar-refractivity contribution in [2.45, 2.75) is 110 Å². The van der Waals surface area contributed by atoms with E-state index in [0.29, 0.717) is 5.92 Å². The van der Waals surface area contributed by atoms with Gasteiger partial charge in [0.25, 0.3) is 0 Å². The topological polar surface area (TPSA) is 0 Å². The van der Waals surface area contributed by atoms with Crippen molar-refractivity contribution in [2.24, 2.45) is 5.92 Å². The lowest BCUT2D eigenvalue weighted by Gasteiger charge is -2.31. The first-order valence-electron chi connectivity index (χ1n) is 15.3. The van der Waals surface area contributed by atoms with Gasteiger partial charge in [0.05, 0.1) is 0 Å². The zero-order chi connectivity index (χ0) is 25.5. The molecule has 0 spiro atoms. The second kappa shape index (κ2) is 13.1. The quantitative estimate of drug-likeness (QED) is 0.110. The van der Waals surface area contributed by atoms with E-state index >= 15 is 0 Å². The fourth-order valence-corrected chi connectivity index (χ4v) is 7.71. The predicted molar refractivity (Wildman–Crippen MR) is 166 cm³/mol. The molecule has 0 aliphatic heterocycles. The summed E-state index contributed by atoms with van der Waals surface area (Å²) < 4.78 is 0. The molecule has 196 valence electrons. The minimum Gasteiger partial charge on any atom is -0.144 e. The largest absolute Gasteiger partial charge is 0.144 e. The van der Waals surface area contributed by atoms with Gasteiger partial charge in [0, 0.05) is 4.88 Å². The Morgan fingerprint density at radius 3 is 2.11 bits per heavy atom. The fourth-order valence-electron chi connectivity index (χ4n) is 6.93. The van der Waals surface area contributed by atoms with Crippen LogP contribution in [0.5, 0.6) is 0 Å². The average molecular weight is 511 g/mol. The van der Waals surface area contributed by atoms with E-state index < -0.39 is 0 Å². The maximum atomic E-state index is 2.46. The maximum Gasteiger partial charge on any atom is 0.0345 e. The van der Waals surface area contributed by atoms with Gasteiger partial charge in [-0.25, -0.2) is 0 Å². The van der Waals surface area contributed by atoms with Crippen LogP contribution in [0.15, 0.2) is 60.0 Å². The summed E-state index contributed by atoms with van der Waals surface area (Å²) >= 11 is 1.89. The SMILES string of the molecule is CCCCCCCCC(CCCCCC)CC1Cc2c(-c3cccs3)ccc3ccc4cccc1c4c23. The van der Waals surface area contributed by atoms with Crippen LogP contribution in [0.1, 0.15) is 114 Å². The third kappa shape index (κ3) is 6.14. The van der Waals surface area contributed by atoms with Crippen LogP contribution in [0.2, 0.25) is 0 Å². The first kappa shape index (κ1) is 26.5. The molecule has 0 saturated heterocycles. The second-order valence-electron chi connectivity index (χ2n) is 11.6. The third-order valence-corrected chi connectivity index (χ3v) is 9.80. The summed E-state index contributed by atoms with van der Waals surface area (Å²) in [5, 5.41) is 8.15. The Bertz CT molecular complexity index is 1270. The van der Waals surface area contributed by atoms with Crippen molar-refractivity contribution in [3.8, 4) is 10.4 Å². The molecule has 0 nitrogen and oxygen atoms in total. The Morgan fingerprint density at radius 2 is 1.38 bits per heavy atom. The second-order valence-corrected chi connectivity index (χ2v) is 12.5. The van der Waals surface area contributed by atoms with Gasteiger partial charge in [-0.15, -0.1) is 11.3 Å². The van der Waals surface area contributed by atoms with Crippen LogP contribution in [0.3, 0.4) is 0 Å². The summed E-state index contributed by atoms with van der Waals surface area (Å²) in [6.45, 7) is 4.65. The number of unbranched alkanes of at least 4 members (excludes halogenated alkanes) is 8. The summed E-state index contributed by atoms with van der Waals surface area (Å²) in [7, 11) is 0. The normalized spacial score (nSPS) is 15.7. The molecule has 0 bridgehead atoms. The molecule has 37 heavy (non-hydrogen) atoms. The maximum absolute atomic E-state index is 2.46. The Labute approximate surface area is 229 Å². The summed E-state index contributed by atoms with van der Waals surface area (Å²) in [5.41, 5.74) is 4.71. The third-order valence-electron chi connectivity index (χ3n) is 8.89. The lowest BCUT2D eigenvalue weighted by molar-refractivity contribution is 0.353. The molecule has 2 atom stereocenters. The van der Waals surface area contributed by atoms with Crippen molar-refractivity contribution < 1.29 is 0 Å². The monoisotopic (exact) mass is 510 g/mol. The van der Waals surface area contributed by atoms with E-state index in [1.807, 2.05) is 11.3 Å². The van der Waals surface area contributed by atoms with Crippen LogP contribution in [-0.2, 0) is 6.42 Å². The highest BCUT2D eigenvalue weighted by Crippen LogP contribution is 2.47. The van der Waals surface area contributed by atoms with Gasteiger partial charge in [0.1, 0.15) is 0 Å². The van der Waals surface area contributed by atoms with Crippen LogP contribution in [-0.4, -0.2) is 0 Å². The standard InChI is InChI=1S/C36H46S/c1-3-5-7-9-10-12-16-27(15-11-8-6-4-2)25-30-26-33-32(34-19-14-24-37-34)23-22-29-21-20-28-17-13-18-31(30)35(28)36(29)33/h13-14,17-24,27,30H,3-12,15-16,25-26H2,1-2H3. The molecule has 1 aliphatic carbocycles. The van der Waals surface area contributed by atoms with Crippen molar-refractivity contribution in [3.63, 3.8) is 0 Å². The van der Waals surface area contributed by atoms with Crippen LogP contribution in [0.4, 0.5) is 0 Å². The molecule has 3 aromatic carbocycles. The van der Waals surface area contributed by atoms with Crippen molar-refractivity contribution >= 4 is 32.9 Å². The van der Waals surface area contributed by atoms with Crippen molar-refractivity contribution in [1.29, 1.82) is 0 Å². The molecule has 1 heteroatoms. The van der Waals surface area contributed by atoms with Gasteiger partial charge in [-0.3, -0.25) is 0 Å². The average Bonchev–Trinajstić information content (AvgIpc) is 3.46. The molecule has 5 rings (SSSR count). The smallest absolute Gasteiger partial charge is 0.0345 e. The number of hydrogen-bond donors (Lipinski definition) is 0. The van der Waals surface area contributed by atoms with E-state index in [1.165, 1.54) is 116 Å². The van der Waals surface area contributed by atoms with Crippen molar-refractivity contribution in [1.82, 2.24) is 0 Å². The molecule has 0 amide bonds. The van der Waals surface area contributed by atoms with Crippen LogP contribution >= 0.6 is 11.3 Å². The highest BCUT2D eigenvalue weighted by atomic mass is 32.1. The van der Waals surface area contributed by atoms with Crippen molar-refractivity contribution in [2.75, 3.05) is 0 Å². The van der Waals surface area contributed by atoms with E-state index in [1.54, 1.807) is 16.5 Å². The van der Waals surface area contributed by atoms with Crippen LogP contribution < -0.4 is 0 Å². The first-order chi connectivity index (χ1) is 18.3. The van der Waals surface area contributed by atoms with Crippen LogP contribution in [0.25, 0.3) is 32.0 Å². The minimum atomic E-state index is 0.638. The zero-order valence-electron chi connectivity index (χ0n) is 23.2. The Kier molecular flexibility index (Phi) is 9.38. The highest BCUT2D eigenvalue weighted by Gasteiger charge is 2.28. The van der Waals surface area contributed by atoms with Gasteiger partial charge in [0.2, 0.25) is 0 Å². The van der Waals surface area contributed by atoms with E-state index in [-0.39, 0.29) is 0 Å². The lowest BCUT2D eigenvalue weighted by atomic mass is 9.73. The van der Waals surface area contributed by atoms with E-state index in [9.17, 15) is 0 Å². The Hall–Kier alpha value is -2.12. The van der Waals surface area contributed by atoms with Crippen molar-refractivity contribution in [3.05, 3.63) is 71.1 Å². The molecule has 0 N–H and O–H groups in total. The highest BCUT2D eigenvalue weighted by molar-refractivity contribution is 7.13. The molecule has 0 saturated carbocycles. The minimum absolute atomic E-state index is 0.638. The number of rotatable bonds is 15. The summed E-state index contributed by atoms with van der Waals surface area (Å²) in [6.07, 6.45) is 19.4. The molecule has 4 aromatic rings. The number of benzene rings is 3. The first-order valence-corrected chi connectivity index (χ1v) is 16.2. The molecule has 0 radical (unpaired) electrons. The predicted octanol–water partition coefficient (Wildman–Crippen LogP) is 12.1. The molecule has 1 heterocycles. The van der Waals surface area contributed by atoms with E-state index in [2.05, 4.69) is 73.8 Å². The number of thiophene rings is 1. The van der Waals surface area contributed by atoms with Gasteiger partial charge in [-0.1, -0.05) is 139 Å². The Balaban J connectivity index is 1.43. The Morgan fingerprint density at radius 1 is 0.703 bits per heavy atom. The summed E-state index contributed by atoms with van der Waals surface area (Å²) in [6, 6.07) is 21.1.